The van der Waals surface area contributed by atoms with Crippen LogP contribution in [0.4, 0.5) is 0 Å². The highest BCUT2D eigenvalue weighted by Gasteiger charge is 2.15. The number of carbonyl (C=O) groups is 2. The number of carbonyl (C=O) groups excluding carboxylic acids is 1. The molecule has 0 aliphatic heterocycles. The van der Waals surface area contributed by atoms with Crippen LogP contribution >= 0.6 is 11.8 Å². The second kappa shape index (κ2) is 12.1. The molecule has 0 bridgehead atoms. The van der Waals surface area contributed by atoms with E-state index in [1.807, 2.05) is 31.2 Å². The van der Waals surface area contributed by atoms with Crippen LogP contribution in [0.2, 0.25) is 0 Å². The fraction of sp³-hybridized carbons (Fsp3) is 0.259. The molecule has 0 heterocycles. The molecule has 0 saturated carbocycles. The molecule has 6 nitrogen and oxygen atoms in total. The van der Waals surface area contributed by atoms with Crippen molar-refractivity contribution in [2.75, 3.05) is 13.2 Å². The van der Waals surface area contributed by atoms with Gasteiger partial charge in [0.25, 0.3) is 0 Å². The van der Waals surface area contributed by atoms with Gasteiger partial charge in [-0.25, -0.2) is 4.79 Å². The molecule has 0 amide bonds. The number of ketones is 1. The van der Waals surface area contributed by atoms with Crippen LogP contribution in [-0.2, 0) is 6.42 Å². The Morgan fingerprint density at radius 1 is 0.941 bits per heavy atom. The van der Waals surface area contributed by atoms with Crippen molar-refractivity contribution < 1.29 is 29.3 Å². The van der Waals surface area contributed by atoms with Crippen LogP contribution in [0, 0.1) is 0 Å². The fourth-order valence-electron chi connectivity index (χ4n) is 3.39. The molecule has 2 N–H and O–H groups in total. The molecule has 0 radical (unpaired) electrons. The zero-order chi connectivity index (χ0) is 24.5. The molecule has 0 atom stereocenters. The number of aromatic carboxylic acids is 1. The summed E-state index contributed by atoms with van der Waals surface area (Å²) in [6, 6.07) is 17.8. The second-order valence-corrected chi connectivity index (χ2v) is 8.85. The van der Waals surface area contributed by atoms with E-state index in [0.29, 0.717) is 42.9 Å². The minimum atomic E-state index is -0.942. The van der Waals surface area contributed by atoms with Crippen molar-refractivity contribution in [2.45, 2.75) is 42.9 Å². The average molecular weight is 481 g/mol. The summed E-state index contributed by atoms with van der Waals surface area (Å²) < 4.78 is 11.7. The lowest BCUT2D eigenvalue weighted by molar-refractivity contribution is 0.0696. The number of carboxylic acids is 1. The van der Waals surface area contributed by atoms with Gasteiger partial charge >= 0.3 is 5.97 Å². The lowest BCUT2D eigenvalue weighted by atomic mass is 10.0. The zero-order valence-corrected chi connectivity index (χ0v) is 20.1. The monoisotopic (exact) mass is 480 g/mol. The van der Waals surface area contributed by atoms with E-state index < -0.39 is 5.97 Å². The zero-order valence-electron chi connectivity index (χ0n) is 19.2. The number of carboxylic acid groups (broad SMARTS) is 1. The Hall–Kier alpha value is -3.45. The van der Waals surface area contributed by atoms with E-state index in [0.717, 1.165) is 22.0 Å². The Morgan fingerprint density at radius 3 is 2.35 bits per heavy atom. The van der Waals surface area contributed by atoms with E-state index >= 15 is 0 Å². The average Bonchev–Trinajstić information content (AvgIpc) is 2.81. The molecule has 0 aliphatic carbocycles. The predicted molar refractivity (Wildman–Crippen MR) is 132 cm³/mol. The first kappa shape index (κ1) is 25.2. The largest absolute Gasteiger partial charge is 0.507 e. The Kier molecular flexibility index (Phi) is 8.99. The summed E-state index contributed by atoms with van der Waals surface area (Å²) in [6.45, 7) is 4.32. The van der Waals surface area contributed by atoms with Gasteiger partial charge in [0.15, 0.2) is 5.78 Å². The van der Waals surface area contributed by atoms with Crippen LogP contribution in [0.15, 0.2) is 70.5 Å². The first-order valence-electron chi connectivity index (χ1n) is 11.1. The lowest BCUT2D eigenvalue weighted by Gasteiger charge is -2.15. The van der Waals surface area contributed by atoms with Gasteiger partial charge in [-0.05, 0) is 67.9 Å². The number of hydrogen-bond acceptors (Lipinski definition) is 6. The SMILES string of the molecule is CCCc1c(OCCCOc2cccc(Sc3ccc(C(=O)O)cc3)c2)ccc(C(C)=O)c1O. The number of ether oxygens (including phenoxy) is 2. The molecule has 178 valence electrons. The van der Waals surface area contributed by atoms with Gasteiger partial charge in [-0.3, -0.25) is 4.79 Å². The highest BCUT2D eigenvalue weighted by Crippen LogP contribution is 2.33. The molecule has 0 fully saturated rings. The number of Topliss-reactive ketones (excluding diaryl/α,β-unsaturated/α-hetero) is 1. The third kappa shape index (κ3) is 6.78. The highest BCUT2D eigenvalue weighted by molar-refractivity contribution is 7.99. The fourth-order valence-corrected chi connectivity index (χ4v) is 4.25. The smallest absolute Gasteiger partial charge is 0.335 e. The standard InChI is InChI=1S/C27H28O6S/c1-3-6-24-25(14-13-23(18(2)28)26(24)29)33-16-5-15-32-20-7-4-8-22(17-20)34-21-11-9-19(10-12-21)27(30)31/h4,7-14,17,29H,3,5-6,15-16H2,1-2H3,(H,30,31). The Balaban J connectivity index is 1.51. The summed E-state index contributed by atoms with van der Waals surface area (Å²) in [5.41, 5.74) is 1.24. The number of aromatic hydroxyl groups is 1. The molecule has 0 aliphatic rings. The molecule has 7 heteroatoms. The summed E-state index contributed by atoms with van der Waals surface area (Å²) in [5.74, 6) is 0.226. The molecular formula is C27H28O6S. The van der Waals surface area contributed by atoms with Gasteiger partial charge in [0.05, 0.1) is 24.3 Å². The van der Waals surface area contributed by atoms with Crippen LogP contribution in [0.1, 0.15) is 53.0 Å². The number of rotatable bonds is 12. The minimum absolute atomic E-state index is 0.00927. The Morgan fingerprint density at radius 2 is 1.68 bits per heavy atom. The van der Waals surface area contributed by atoms with Gasteiger partial charge in [-0.15, -0.1) is 0 Å². The first-order chi connectivity index (χ1) is 16.4. The molecule has 0 unspecified atom stereocenters. The molecule has 34 heavy (non-hydrogen) atoms. The van der Waals surface area contributed by atoms with E-state index in [1.54, 1.807) is 36.4 Å². The van der Waals surface area contributed by atoms with Crippen LogP contribution in [0.5, 0.6) is 17.2 Å². The van der Waals surface area contributed by atoms with Crippen molar-refractivity contribution in [1.82, 2.24) is 0 Å². The van der Waals surface area contributed by atoms with Gasteiger partial charge in [0, 0.05) is 21.8 Å². The highest BCUT2D eigenvalue weighted by atomic mass is 32.2. The van der Waals surface area contributed by atoms with E-state index in [-0.39, 0.29) is 17.1 Å². The molecule has 0 aromatic heterocycles. The third-order valence-corrected chi connectivity index (χ3v) is 6.07. The number of phenols is 1. The van der Waals surface area contributed by atoms with Crippen LogP contribution in [0.25, 0.3) is 0 Å². The predicted octanol–water partition coefficient (Wildman–Crippen LogP) is 6.24. The lowest BCUT2D eigenvalue weighted by Crippen LogP contribution is -2.07. The summed E-state index contributed by atoms with van der Waals surface area (Å²) in [4.78, 5) is 24.6. The van der Waals surface area contributed by atoms with Gasteiger partial charge in [-0.1, -0.05) is 31.2 Å². The van der Waals surface area contributed by atoms with Crippen molar-refractivity contribution in [1.29, 1.82) is 0 Å². The van der Waals surface area contributed by atoms with Crippen molar-refractivity contribution >= 4 is 23.5 Å². The van der Waals surface area contributed by atoms with Crippen molar-refractivity contribution in [3.8, 4) is 17.2 Å². The minimum Gasteiger partial charge on any atom is -0.507 e. The van der Waals surface area contributed by atoms with E-state index in [2.05, 4.69) is 0 Å². The van der Waals surface area contributed by atoms with Gasteiger partial charge in [0.2, 0.25) is 0 Å². The maximum Gasteiger partial charge on any atom is 0.335 e. The van der Waals surface area contributed by atoms with Crippen molar-refractivity contribution in [2.24, 2.45) is 0 Å². The van der Waals surface area contributed by atoms with Gasteiger partial charge in [0.1, 0.15) is 17.2 Å². The summed E-state index contributed by atoms with van der Waals surface area (Å²) in [6.07, 6.45) is 2.10. The Bertz CT molecular complexity index is 1140. The van der Waals surface area contributed by atoms with Crippen LogP contribution in [-0.4, -0.2) is 35.2 Å². The molecule has 3 aromatic carbocycles. The van der Waals surface area contributed by atoms with Crippen molar-refractivity contribution in [3.63, 3.8) is 0 Å². The van der Waals surface area contributed by atoms with E-state index in [1.165, 1.54) is 18.7 Å². The maximum absolute atomic E-state index is 11.7. The molecule has 0 saturated heterocycles. The number of phenolic OH excluding ortho intramolecular Hbond substituents is 1. The molecule has 3 rings (SSSR count). The number of benzene rings is 3. The van der Waals surface area contributed by atoms with Crippen LogP contribution in [0.3, 0.4) is 0 Å². The topological polar surface area (TPSA) is 93.1 Å². The van der Waals surface area contributed by atoms with Crippen LogP contribution < -0.4 is 9.47 Å². The Labute approximate surface area is 203 Å². The summed E-state index contributed by atoms with van der Waals surface area (Å²) in [7, 11) is 0. The molecule has 3 aromatic rings. The van der Waals surface area contributed by atoms with Crippen molar-refractivity contribution in [3.05, 3.63) is 77.4 Å². The van der Waals surface area contributed by atoms with Gasteiger partial charge in [-0.2, -0.15) is 0 Å². The summed E-state index contributed by atoms with van der Waals surface area (Å²) in [5, 5.41) is 19.5. The van der Waals surface area contributed by atoms with E-state index in [9.17, 15) is 14.7 Å². The third-order valence-electron chi connectivity index (χ3n) is 5.08. The van der Waals surface area contributed by atoms with E-state index in [4.69, 9.17) is 14.6 Å². The quantitative estimate of drug-likeness (QED) is 0.234. The summed E-state index contributed by atoms with van der Waals surface area (Å²) >= 11 is 1.53. The first-order valence-corrected chi connectivity index (χ1v) is 11.9. The molecular weight excluding hydrogens is 452 g/mol. The maximum atomic E-state index is 11.7. The number of hydrogen-bond donors (Lipinski definition) is 2. The normalized spacial score (nSPS) is 10.6. The molecule has 0 spiro atoms. The van der Waals surface area contributed by atoms with Gasteiger partial charge < -0.3 is 19.7 Å². The second-order valence-electron chi connectivity index (χ2n) is 7.70.